The van der Waals surface area contributed by atoms with Gasteiger partial charge < -0.3 is 4.42 Å². The molecule has 2 aromatic carbocycles. The Morgan fingerprint density at radius 1 is 0.426 bits per heavy atom. The number of allylic oxidation sites excluding steroid dienone is 10. The summed E-state index contributed by atoms with van der Waals surface area (Å²) in [5, 5.41) is 17.7. The lowest BCUT2D eigenvalue weighted by atomic mass is 9.71. The van der Waals surface area contributed by atoms with Crippen LogP contribution in [-0.4, -0.2) is 11.6 Å². The van der Waals surface area contributed by atoms with Crippen LogP contribution in [0, 0.1) is 21.7 Å². The van der Waals surface area contributed by atoms with Crippen molar-refractivity contribution < 1.29 is 40.3 Å². The van der Waals surface area contributed by atoms with Crippen molar-refractivity contribution in [3.8, 4) is 0 Å². The molecule has 61 heavy (non-hydrogen) atoms. The van der Waals surface area contributed by atoms with Crippen molar-refractivity contribution in [3.05, 3.63) is 141 Å². The standard InChI is InChI=1S/C48H50F6N4O3/c1-43(2,3)33-23-27(24-34(41(33)59)44(4,5)6)39(57-55-31-17-13-29(14-18-31)47(49,50)51)37-21-22-38(61-37)40(58-56-32-19-15-30(16-20-32)48(52,53)54)28-25-35(45(7,8)9)42(60)36(26-28)46(10,11)12/h13-26H,1-12H3/b57-55+,58-56+. The molecule has 0 aliphatic heterocycles. The highest BCUT2D eigenvalue weighted by Crippen LogP contribution is 2.44. The highest BCUT2D eigenvalue weighted by Gasteiger charge is 2.37. The third kappa shape index (κ3) is 10.8. The van der Waals surface area contributed by atoms with Gasteiger partial charge in [-0.2, -0.15) is 36.6 Å². The van der Waals surface area contributed by atoms with Crippen molar-refractivity contribution in [2.24, 2.45) is 42.1 Å². The number of hydrogen-bond donors (Lipinski definition) is 0. The number of carbonyl (C=O) groups excluding carboxylic acids is 2. The van der Waals surface area contributed by atoms with Gasteiger partial charge in [-0.15, -0.1) is 10.2 Å². The average Bonchev–Trinajstić information content (AvgIpc) is 3.60. The van der Waals surface area contributed by atoms with E-state index in [0.717, 1.165) is 24.3 Å². The van der Waals surface area contributed by atoms with Crippen LogP contribution < -0.4 is 0 Å². The van der Waals surface area contributed by atoms with Crippen molar-refractivity contribution in [3.63, 3.8) is 0 Å². The van der Waals surface area contributed by atoms with E-state index in [1.54, 1.807) is 36.4 Å². The molecule has 2 aliphatic rings. The summed E-state index contributed by atoms with van der Waals surface area (Å²) < 4.78 is 86.9. The van der Waals surface area contributed by atoms with Gasteiger partial charge in [0.1, 0.15) is 11.4 Å². The third-order valence-electron chi connectivity index (χ3n) is 9.95. The minimum Gasteiger partial charge on any atom is -0.453 e. The van der Waals surface area contributed by atoms with Crippen molar-refractivity contribution in [1.29, 1.82) is 0 Å². The Kier molecular flexibility index (Phi) is 12.4. The molecule has 322 valence electrons. The van der Waals surface area contributed by atoms with E-state index in [4.69, 9.17) is 4.42 Å². The number of carbonyl (C=O) groups is 2. The molecule has 2 aliphatic carbocycles. The van der Waals surface area contributed by atoms with Gasteiger partial charge in [0.05, 0.1) is 22.5 Å². The summed E-state index contributed by atoms with van der Waals surface area (Å²) in [6.45, 7) is 22.9. The molecule has 3 aromatic rings. The zero-order valence-electron chi connectivity index (χ0n) is 36.4. The molecule has 0 N–H and O–H groups in total. The number of Topliss-reactive ketones (excluding diaryl/α,β-unsaturated/α-hetero) is 2. The van der Waals surface area contributed by atoms with E-state index in [1.807, 2.05) is 83.1 Å². The minimum absolute atomic E-state index is 0.115. The van der Waals surface area contributed by atoms with Crippen LogP contribution in [0.4, 0.5) is 37.7 Å². The molecular weight excluding hydrogens is 795 g/mol. The number of alkyl halides is 6. The molecule has 1 aromatic heterocycles. The van der Waals surface area contributed by atoms with Gasteiger partial charge in [-0.3, -0.25) is 9.59 Å². The van der Waals surface area contributed by atoms with Crippen LogP contribution in [-0.2, 0) is 21.9 Å². The molecular formula is C48H50F6N4O3. The maximum Gasteiger partial charge on any atom is 0.416 e. The Labute approximate surface area is 352 Å². The van der Waals surface area contributed by atoms with Gasteiger partial charge in [-0.05, 0) is 107 Å². The third-order valence-corrected chi connectivity index (χ3v) is 9.95. The summed E-state index contributed by atoms with van der Waals surface area (Å²) in [4.78, 5) is 27.8. The predicted octanol–water partition coefficient (Wildman–Crippen LogP) is 15.4. The van der Waals surface area contributed by atoms with Crippen molar-refractivity contribution in [2.75, 3.05) is 0 Å². The van der Waals surface area contributed by atoms with Gasteiger partial charge in [0, 0.05) is 33.4 Å². The second-order valence-corrected chi connectivity index (χ2v) is 19.2. The topological polar surface area (TPSA) is 96.7 Å². The van der Waals surface area contributed by atoms with E-state index >= 15 is 0 Å². The summed E-state index contributed by atoms with van der Waals surface area (Å²) in [7, 11) is 0. The first-order chi connectivity index (χ1) is 27.9. The van der Waals surface area contributed by atoms with E-state index in [2.05, 4.69) is 20.5 Å². The Morgan fingerprint density at radius 2 is 0.689 bits per heavy atom. The fourth-order valence-electron chi connectivity index (χ4n) is 6.50. The second kappa shape index (κ2) is 16.3. The smallest absolute Gasteiger partial charge is 0.416 e. The number of hydrogen-bond acceptors (Lipinski definition) is 7. The first-order valence-corrected chi connectivity index (χ1v) is 19.6. The molecule has 13 heteroatoms. The lowest BCUT2D eigenvalue weighted by Crippen LogP contribution is -2.28. The molecule has 1 heterocycles. The minimum atomic E-state index is -4.56. The van der Waals surface area contributed by atoms with Gasteiger partial charge >= 0.3 is 12.4 Å². The van der Waals surface area contributed by atoms with Crippen LogP contribution >= 0.6 is 0 Å². The van der Waals surface area contributed by atoms with Crippen molar-refractivity contribution >= 4 is 34.3 Å². The molecule has 0 atom stereocenters. The summed E-state index contributed by atoms with van der Waals surface area (Å²) in [6, 6.07) is 11.5. The molecule has 0 saturated heterocycles. The predicted molar refractivity (Wildman–Crippen MR) is 225 cm³/mol. The fraction of sp³-hybridized carbons (Fsp3) is 0.375. The maximum atomic E-state index is 13.9. The van der Waals surface area contributed by atoms with E-state index < -0.39 is 45.1 Å². The van der Waals surface area contributed by atoms with Crippen LogP contribution in [0.5, 0.6) is 0 Å². The van der Waals surface area contributed by atoms with Gasteiger partial charge in [-0.25, -0.2) is 0 Å². The number of benzene rings is 2. The Morgan fingerprint density at radius 3 is 0.918 bits per heavy atom. The van der Waals surface area contributed by atoms with Crippen LogP contribution in [0.15, 0.2) is 143 Å². The molecule has 0 radical (unpaired) electrons. The Hall–Kier alpha value is -5.72. The zero-order valence-corrected chi connectivity index (χ0v) is 36.4. The monoisotopic (exact) mass is 844 g/mol. The number of azo groups is 2. The van der Waals surface area contributed by atoms with Gasteiger partial charge in [0.15, 0.2) is 23.1 Å². The summed E-state index contributed by atoms with van der Waals surface area (Å²) in [5.74, 6) is -0.0146. The highest BCUT2D eigenvalue weighted by atomic mass is 19.4. The van der Waals surface area contributed by atoms with Crippen molar-refractivity contribution in [1.82, 2.24) is 0 Å². The van der Waals surface area contributed by atoms with Gasteiger partial charge in [0.25, 0.3) is 0 Å². The Bertz CT molecular complexity index is 2230. The first-order valence-electron chi connectivity index (χ1n) is 19.6. The fourth-order valence-corrected chi connectivity index (χ4v) is 6.50. The van der Waals surface area contributed by atoms with E-state index in [9.17, 15) is 35.9 Å². The molecule has 0 saturated carbocycles. The quantitative estimate of drug-likeness (QED) is 0.183. The molecule has 0 spiro atoms. The largest absolute Gasteiger partial charge is 0.453 e. The van der Waals surface area contributed by atoms with Crippen LogP contribution in [0.1, 0.15) is 106 Å². The lowest BCUT2D eigenvalue weighted by Gasteiger charge is -2.31. The summed E-state index contributed by atoms with van der Waals surface area (Å²) >= 11 is 0. The molecule has 5 rings (SSSR count). The maximum absolute atomic E-state index is 13.9. The zero-order chi connectivity index (χ0) is 45.7. The van der Waals surface area contributed by atoms with E-state index in [0.29, 0.717) is 33.4 Å². The molecule has 0 amide bonds. The number of ketones is 2. The molecule has 0 unspecified atom stereocenters. The van der Waals surface area contributed by atoms with Gasteiger partial charge in [0.2, 0.25) is 0 Å². The van der Waals surface area contributed by atoms with Crippen LogP contribution in [0.2, 0.25) is 0 Å². The molecule has 0 bridgehead atoms. The number of nitrogens with zero attached hydrogens (tertiary/aromatic N) is 4. The normalized spacial score (nSPS) is 16.3. The summed E-state index contributed by atoms with van der Waals surface area (Å²) in [6.07, 6.45) is -2.31. The van der Waals surface area contributed by atoms with Crippen LogP contribution in [0.3, 0.4) is 0 Å². The number of halogens is 6. The van der Waals surface area contributed by atoms with Crippen LogP contribution in [0.25, 0.3) is 11.4 Å². The lowest BCUT2D eigenvalue weighted by molar-refractivity contribution is -0.138. The summed E-state index contributed by atoms with van der Waals surface area (Å²) in [5.41, 5.74) is -0.800. The molecule has 7 nitrogen and oxygen atoms in total. The average molecular weight is 845 g/mol. The molecule has 0 fully saturated rings. The second-order valence-electron chi connectivity index (χ2n) is 19.2. The number of furan rings is 1. The SMILES string of the molecule is CC(C)(C)C1=CC(=C(/N=N/c2ccc(C(F)(F)F)cc2)c2ccc(C(/N=N/c3ccc(C(F)(F)F)cc3)=C3C=C(C(C)(C)C)C(=O)C(C(C)(C)C)=C3)o2)C=C(C(C)(C)C)C1=O. The Balaban J connectivity index is 1.81. The van der Waals surface area contributed by atoms with E-state index in [1.165, 1.54) is 24.3 Å². The number of rotatable bonds is 6. The first kappa shape index (κ1) is 46.3. The van der Waals surface area contributed by atoms with Crippen molar-refractivity contribution in [2.45, 2.75) is 95.4 Å². The van der Waals surface area contributed by atoms with Gasteiger partial charge in [-0.1, -0.05) is 83.1 Å². The highest BCUT2D eigenvalue weighted by molar-refractivity contribution is 6.13. The van der Waals surface area contributed by atoms with E-state index in [-0.39, 0.29) is 45.9 Å².